The Hall–Kier alpha value is -1.63. The van der Waals surface area contributed by atoms with Crippen LogP contribution in [0.5, 0.6) is 5.75 Å². The number of benzene rings is 2. The Morgan fingerprint density at radius 1 is 1.10 bits per heavy atom. The molecule has 0 bridgehead atoms. The molecule has 0 aromatic heterocycles. The summed E-state index contributed by atoms with van der Waals surface area (Å²) in [5.41, 5.74) is -0.113. The Morgan fingerprint density at radius 2 is 1.71 bits per heavy atom. The Balaban J connectivity index is 2.46. The quantitative estimate of drug-likeness (QED) is 0.624. The molecule has 4 nitrogen and oxygen atoms in total. The van der Waals surface area contributed by atoms with Gasteiger partial charge in [0, 0.05) is 5.02 Å². The highest BCUT2D eigenvalue weighted by Gasteiger charge is 2.21. The van der Waals surface area contributed by atoms with E-state index in [0.717, 1.165) is 24.3 Å². The van der Waals surface area contributed by atoms with Crippen LogP contribution < -0.4 is 4.18 Å². The molecular formula is C13H7Cl2FO4S. The fourth-order valence-electron chi connectivity index (χ4n) is 1.51. The monoisotopic (exact) mass is 348 g/mol. The van der Waals surface area contributed by atoms with Gasteiger partial charge >= 0.3 is 10.1 Å². The van der Waals surface area contributed by atoms with Gasteiger partial charge in [0.25, 0.3) is 0 Å². The SMILES string of the molecule is O=Cc1cc(Cl)cc(Cl)c1OS(=O)(=O)c1ccc(F)cc1. The fourth-order valence-corrected chi connectivity index (χ4v) is 3.08. The predicted molar refractivity (Wildman–Crippen MR) is 76.1 cm³/mol. The van der Waals surface area contributed by atoms with E-state index in [4.69, 9.17) is 27.4 Å². The third-order valence-electron chi connectivity index (χ3n) is 2.46. The van der Waals surface area contributed by atoms with Gasteiger partial charge in [-0.3, -0.25) is 4.79 Å². The molecule has 21 heavy (non-hydrogen) atoms. The maximum Gasteiger partial charge on any atom is 0.339 e. The summed E-state index contributed by atoms with van der Waals surface area (Å²) in [7, 11) is -4.25. The minimum atomic E-state index is -4.25. The molecule has 0 aliphatic heterocycles. The average Bonchev–Trinajstić information content (AvgIpc) is 2.42. The van der Waals surface area contributed by atoms with E-state index in [2.05, 4.69) is 0 Å². The second-order valence-electron chi connectivity index (χ2n) is 3.92. The van der Waals surface area contributed by atoms with E-state index in [1.165, 1.54) is 12.1 Å². The summed E-state index contributed by atoms with van der Waals surface area (Å²) in [6.45, 7) is 0. The molecule has 0 saturated carbocycles. The summed E-state index contributed by atoms with van der Waals surface area (Å²) < 4.78 is 41.8. The van der Waals surface area contributed by atoms with E-state index in [1.54, 1.807) is 0 Å². The van der Waals surface area contributed by atoms with Gasteiger partial charge in [0.15, 0.2) is 12.0 Å². The summed E-state index contributed by atoms with van der Waals surface area (Å²) in [6.07, 6.45) is 0.368. The van der Waals surface area contributed by atoms with Crippen LogP contribution in [0.25, 0.3) is 0 Å². The number of hydrogen-bond acceptors (Lipinski definition) is 4. The third kappa shape index (κ3) is 3.53. The van der Waals surface area contributed by atoms with Crippen LogP contribution in [-0.4, -0.2) is 14.7 Å². The molecule has 2 rings (SSSR count). The first kappa shape index (κ1) is 15.8. The lowest BCUT2D eigenvalue weighted by Gasteiger charge is -2.10. The second kappa shape index (κ2) is 6.01. The first-order chi connectivity index (χ1) is 9.83. The summed E-state index contributed by atoms with van der Waals surface area (Å²) in [5.74, 6) is -0.924. The van der Waals surface area contributed by atoms with Gasteiger partial charge < -0.3 is 4.18 Å². The highest BCUT2D eigenvalue weighted by molar-refractivity contribution is 7.87. The van der Waals surface area contributed by atoms with Gasteiger partial charge in [-0.2, -0.15) is 8.42 Å². The van der Waals surface area contributed by atoms with Crippen LogP contribution in [0.3, 0.4) is 0 Å². The molecule has 0 unspecified atom stereocenters. The largest absolute Gasteiger partial charge is 0.377 e. The minimum Gasteiger partial charge on any atom is -0.377 e. The first-order valence-electron chi connectivity index (χ1n) is 5.48. The van der Waals surface area contributed by atoms with Gasteiger partial charge in [-0.25, -0.2) is 4.39 Å². The standard InChI is InChI=1S/C13H7Cl2FO4S/c14-9-5-8(7-17)13(12(15)6-9)20-21(18,19)11-3-1-10(16)2-4-11/h1-7H. The summed E-state index contributed by atoms with van der Waals surface area (Å²) >= 11 is 11.6. The first-order valence-corrected chi connectivity index (χ1v) is 7.64. The number of carbonyl (C=O) groups is 1. The lowest BCUT2D eigenvalue weighted by atomic mass is 10.2. The second-order valence-corrected chi connectivity index (χ2v) is 6.31. The van der Waals surface area contributed by atoms with Crippen LogP contribution in [0.15, 0.2) is 41.3 Å². The smallest absolute Gasteiger partial charge is 0.339 e. The molecule has 2 aromatic rings. The molecule has 8 heteroatoms. The highest BCUT2D eigenvalue weighted by Crippen LogP contribution is 2.33. The highest BCUT2D eigenvalue weighted by atomic mass is 35.5. The molecule has 0 spiro atoms. The summed E-state index contributed by atoms with van der Waals surface area (Å²) in [4.78, 5) is 10.7. The molecule has 0 fully saturated rings. The molecule has 0 aliphatic rings. The van der Waals surface area contributed by atoms with Crippen molar-refractivity contribution in [3.8, 4) is 5.75 Å². The number of aldehydes is 1. The fraction of sp³-hybridized carbons (Fsp3) is 0. The van der Waals surface area contributed by atoms with E-state index >= 15 is 0 Å². The van der Waals surface area contributed by atoms with Crippen molar-refractivity contribution < 1.29 is 21.8 Å². The van der Waals surface area contributed by atoms with E-state index in [9.17, 15) is 17.6 Å². The van der Waals surface area contributed by atoms with Crippen LogP contribution >= 0.6 is 23.2 Å². The van der Waals surface area contributed by atoms with Crippen molar-refractivity contribution in [3.63, 3.8) is 0 Å². The van der Waals surface area contributed by atoms with Crippen molar-refractivity contribution in [3.05, 3.63) is 57.8 Å². The molecule has 0 saturated heterocycles. The molecular weight excluding hydrogens is 342 g/mol. The van der Waals surface area contributed by atoms with Crippen LogP contribution in [0.2, 0.25) is 10.0 Å². The number of rotatable bonds is 4. The van der Waals surface area contributed by atoms with Crippen molar-refractivity contribution >= 4 is 39.6 Å². The zero-order chi connectivity index (χ0) is 15.6. The molecule has 0 amide bonds. The van der Waals surface area contributed by atoms with Crippen molar-refractivity contribution in [2.45, 2.75) is 4.90 Å². The summed E-state index contributed by atoms with van der Waals surface area (Å²) in [6, 6.07) is 6.48. The van der Waals surface area contributed by atoms with Gasteiger partial charge in [0.2, 0.25) is 0 Å². The van der Waals surface area contributed by atoms with Gasteiger partial charge in [-0.15, -0.1) is 0 Å². The van der Waals surface area contributed by atoms with E-state index in [0.29, 0.717) is 6.29 Å². The van der Waals surface area contributed by atoms with Gasteiger partial charge in [-0.05, 0) is 36.4 Å². The lowest BCUT2D eigenvalue weighted by molar-refractivity contribution is 0.112. The van der Waals surface area contributed by atoms with Gasteiger partial charge in [0.05, 0.1) is 10.6 Å². The molecule has 110 valence electrons. The maximum absolute atomic E-state index is 12.8. The molecule has 0 aliphatic carbocycles. The molecule has 2 aromatic carbocycles. The number of carbonyl (C=O) groups excluding carboxylic acids is 1. The van der Waals surface area contributed by atoms with Crippen LogP contribution in [0, 0.1) is 5.82 Å². The van der Waals surface area contributed by atoms with Crippen LogP contribution in [0.1, 0.15) is 10.4 Å². The van der Waals surface area contributed by atoms with E-state index in [-0.39, 0.29) is 26.3 Å². The topological polar surface area (TPSA) is 60.4 Å². The zero-order valence-electron chi connectivity index (χ0n) is 10.2. The molecule has 0 radical (unpaired) electrons. The average molecular weight is 349 g/mol. The normalized spacial score (nSPS) is 11.2. The summed E-state index contributed by atoms with van der Waals surface area (Å²) in [5, 5.41) is 0.0314. The Kier molecular flexibility index (Phi) is 4.51. The number of hydrogen-bond donors (Lipinski definition) is 0. The Morgan fingerprint density at radius 3 is 2.29 bits per heavy atom. The van der Waals surface area contributed by atoms with Crippen molar-refractivity contribution in [2.24, 2.45) is 0 Å². The van der Waals surface area contributed by atoms with Crippen molar-refractivity contribution in [1.82, 2.24) is 0 Å². The zero-order valence-corrected chi connectivity index (χ0v) is 12.5. The Bertz CT molecular complexity index is 789. The van der Waals surface area contributed by atoms with Crippen LogP contribution in [0.4, 0.5) is 4.39 Å². The Labute approximate surface area is 130 Å². The van der Waals surface area contributed by atoms with E-state index in [1.807, 2.05) is 0 Å². The molecule has 0 heterocycles. The predicted octanol–water partition coefficient (Wildman–Crippen LogP) is 3.71. The van der Waals surface area contributed by atoms with E-state index < -0.39 is 15.9 Å². The number of halogens is 3. The van der Waals surface area contributed by atoms with Crippen molar-refractivity contribution in [2.75, 3.05) is 0 Å². The lowest BCUT2D eigenvalue weighted by Crippen LogP contribution is -2.11. The maximum atomic E-state index is 12.8. The third-order valence-corrected chi connectivity index (χ3v) is 4.19. The van der Waals surface area contributed by atoms with Gasteiger partial charge in [0.1, 0.15) is 10.7 Å². The van der Waals surface area contributed by atoms with Crippen LogP contribution in [-0.2, 0) is 10.1 Å². The van der Waals surface area contributed by atoms with Gasteiger partial charge in [-0.1, -0.05) is 23.2 Å². The molecule has 0 atom stereocenters. The minimum absolute atomic E-state index is 0.113. The molecule has 0 N–H and O–H groups in total. The van der Waals surface area contributed by atoms with Crippen molar-refractivity contribution in [1.29, 1.82) is 0 Å².